The van der Waals surface area contributed by atoms with Crippen LogP contribution in [0.4, 0.5) is 0 Å². The molecule has 94 valence electrons. The lowest BCUT2D eigenvalue weighted by Gasteiger charge is -2.28. The summed E-state index contributed by atoms with van der Waals surface area (Å²) in [5.74, 6) is 0.984. The molecule has 2 saturated carbocycles. The van der Waals surface area contributed by atoms with Crippen LogP contribution in [0.2, 0.25) is 0 Å². The molecule has 2 bridgehead atoms. The first kappa shape index (κ1) is 11.5. The molecule has 1 N–H and O–H groups in total. The Morgan fingerprint density at radius 1 is 1.41 bits per heavy atom. The third-order valence-electron chi connectivity index (χ3n) is 4.76. The monoisotopic (exact) mass is 256 g/mol. The fourth-order valence-electron chi connectivity index (χ4n) is 3.92. The van der Waals surface area contributed by atoms with Gasteiger partial charge in [-0.05, 0) is 37.5 Å². The van der Waals surface area contributed by atoms with Crippen LogP contribution in [-0.4, -0.2) is 41.8 Å². The van der Waals surface area contributed by atoms with Gasteiger partial charge in [0.15, 0.2) is 5.25 Å². The van der Waals surface area contributed by atoms with Gasteiger partial charge in [-0.1, -0.05) is 0 Å². The van der Waals surface area contributed by atoms with Crippen LogP contribution < -0.4 is 0 Å². The summed E-state index contributed by atoms with van der Waals surface area (Å²) in [6, 6.07) is 1.53. The Labute approximate surface area is 101 Å². The molecule has 0 radical (unpaired) electrons. The van der Waals surface area contributed by atoms with E-state index < -0.39 is 21.4 Å². The van der Waals surface area contributed by atoms with Crippen LogP contribution in [-0.2, 0) is 10.0 Å². The van der Waals surface area contributed by atoms with E-state index in [1.165, 1.54) is 11.2 Å². The quantitative estimate of drug-likeness (QED) is 0.750. The van der Waals surface area contributed by atoms with E-state index in [0.29, 0.717) is 18.4 Å². The Hall–Kier alpha value is -0.640. The zero-order valence-electron chi connectivity index (χ0n) is 9.65. The average molecular weight is 256 g/mol. The normalized spacial score (nSPS) is 46.1. The second-order valence-corrected chi connectivity index (χ2v) is 7.73. The maximum Gasteiger partial charge on any atom is 0.230 e. The van der Waals surface area contributed by atoms with E-state index in [0.717, 1.165) is 12.8 Å². The second-order valence-electron chi connectivity index (χ2n) is 5.52. The SMILES string of the molecule is CC(C#N)S(=O)(=O)N1CC2CC3CC2C1C3O. The Morgan fingerprint density at radius 3 is 2.71 bits per heavy atom. The minimum atomic E-state index is -3.57. The maximum absolute atomic E-state index is 12.2. The molecule has 3 rings (SSSR count). The highest BCUT2D eigenvalue weighted by Crippen LogP contribution is 2.55. The van der Waals surface area contributed by atoms with Crippen LogP contribution >= 0.6 is 0 Å². The Bertz CT molecular complexity index is 481. The first-order chi connectivity index (χ1) is 7.96. The molecule has 0 spiro atoms. The summed E-state index contributed by atoms with van der Waals surface area (Å²) in [5.41, 5.74) is 0. The molecule has 6 heteroatoms. The van der Waals surface area contributed by atoms with Crippen LogP contribution in [0.25, 0.3) is 0 Å². The molecule has 3 fully saturated rings. The van der Waals surface area contributed by atoms with Crippen molar-refractivity contribution in [3.8, 4) is 6.07 Å². The number of sulfonamides is 1. The molecule has 0 amide bonds. The number of hydrogen-bond donors (Lipinski definition) is 1. The van der Waals surface area contributed by atoms with E-state index in [1.54, 1.807) is 6.07 Å². The highest BCUT2D eigenvalue weighted by molar-refractivity contribution is 7.90. The lowest BCUT2D eigenvalue weighted by atomic mass is 9.88. The van der Waals surface area contributed by atoms with Gasteiger partial charge < -0.3 is 5.11 Å². The Balaban J connectivity index is 1.95. The number of aliphatic hydroxyl groups is 1. The third-order valence-corrected chi connectivity index (χ3v) is 6.81. The molecule has 1 heterocycles. The summed E-state index contributed by atoms with van der Waals surface area (Å²) in [7, 11) is -3.57. The molecule has 3 aliphatic rings. The van der Waals surface area contributed by atoms with E-state index in [-0.39, 0.29) is 12.0 Å². The van der Waals surface area contributed by atoms with Crippen molar-refractivity contribution in [1.82, 2.24) is 4.31 Å². The summed E-state index contributed by atoms with van der Waals surface area (Å²) in [4.78, 5) is 0. The number of nitrogens with zero attached hydrogens (tertiary/aromatic N) is 2. The predicted octanol–water partition coefficient (Wildman–Crippen LogP) is -0.0706. The summed E-state index contributed by atoms with van der Waals surface area (Å²) >= 11 is 0. The first-order valence-electron chi connectivity index (χ1n) is 6.05. The van der Waals surface area contributed by atoms with E-state index in [9.17, 15) is 13.5 Å². The highest BCUT2D eigenvalue weighted by Gasteiger charge is 2.61. The topological polar surface area (TPSA) is 81.4 Å². The van der Waals surface area contributed by atoms with Crippen LogP contribution in [0.5, 0.6) is 0 Å². The molecule has 0 aromatic rings. The summed E-state index contributed by atoms with van der Waals surface area (Å²) < 4.78 is 25.8. The summed E-state index contributed by atoms with van der Waals surface area (Å²) in [6.07, 6.45) is 1.36. The van der Waals surface area contributed by atoms with Crippen molar-refractivity contribution in [3.63, 3.8) is 0 Å². The summed E-state index contributed by atoms with van der Waals surface area (Å²) in [5, 5.41) is 17.9. The Kier molecular flexibility index (Phi) is 2.31. The summed E-state index contributed by atoms with van der Waals surface area (Å²) in [6.45, 7) is 1.91. The maximum atomic E-state index is 12.2. The minimum absolute atomic E-state index is 0.264. The molecule has 1 aliphatic heterocycles. The molecule has 2 aliphatic carbocycles. The minimum Gasteiger partial charge on any atom is -0.391 e. The average Bonchev–Trinajstić information content (AvgIpc) is 2.87. The van der Waals surface area contributed by atoms with Crippen LogP contribution in [0.1, 0.15) is 19.8 Å². The van der Waals surface area contributed by atoms with Crippen molar-refractivity contribution in [3.05, 3.63) is 0 Å². The van der Waals surface area contributed by atoms with Crippen molar-refractivity contribution in [2.45, 2.75) is 37.2 Å². The van der Waals surface area contributed by atoms with Gasteiger partial charge in [0.2, 0.25) is 10.0 Å². The van der Waals surface area contributed by atoms with Gasteiger partial charge in [-0.15, -0.1) is 0 Å². The Morgan fingerprint density at radius 2 is 2.12 bits per heavy atom. The van der Waals surface area contributed by atoms with Crippen molar-refractivity contribution >= 4 is 10.0 Å². The lowest BCUT2D eigenvalue weighted by Crippen LogP contribution is -2.46. The van der Waals surface area contributed by atoms with Gasteiger partial charge in [0.25, 0.3) is 0 Å². The molecule has 6 unspecified atom stereocenters. The standard InChI is InChI=1S/C11H16N2O3S/c1-6(4-12)17(15,16)13-5-8-2-7-3-9(8)10(13)11(7)14/h6-11,14H,2-3,5H2,1H3. The van der Waals surface area contributed by atoms with Crippen molar-refractivity contribution in [2.75, 3.05) is 6.54 Å². The van der Waals surface area contributed by atoms with Crippen LogP contribution in [0.3, 0.4) is 0 Å². The molecular formula is C11H16N2O3S. The van der Waals surface area contributed by atoms with E-state index in [4.69, 9.17) is 5.26 Å². The van der Waals surface area contributed by atoms with Crippen LogP contribution in [0, 0.1) is 29.1 Å². The van der Waals surface area contributed by atoms with Crippen molar-refractivity contribution in [1.29, 1.82) is 5.26 Å². The molecule has 0 aromatic heterocycles. The first-order valence-corrected chi connectivity index (χ1v) is 7.55. The van der Waals surface area contributed by atoms with Gasteiger partial charge in [0.1, 0.15) is 0 Å². The third kappa shape index (κ3) is 1.33. The van der Waals surface area contributed by atoms with Crippen molar-refractivity contribution in [2.24, 2.45) is 17.8 Å². The predicted molar refractivity (Wildman–Crippen MR) is 60.2 cm³/mol. The fourth-order valence-corrected chi connectivity index (χ4v) is 5.48. The van der Waals surface area contributed by atoms with Gasteiger partial charge in [0, 0.05) is 6.54 Å². The number of rotatable bonds is 2. The van der Waals surface area contributed by atoms with Crippen LogP contribution in [0.15, 0.2) is 0 Å². The van der Waals surface area contributed by atoms with Gasteiger partial charge >= 0.3 is 0 Å². The van der Waals surface area contributed by atoms with Gasteiger partial charge in [0.05, 0.1) is 18.2 Å². The van der Waals surface area contributed by atoms with Gasteiger partial charge in [-0.3, -0.25) is 0 Å². The lowest BCUT2D eigenvalue weighted by molar-refractivity contribution is 0.0730. The number of fused-ring (bicyclic) bond motifs is 1. The molecule has 17 heavy (non-hydrogen) atoms. The van der Waals surface area contributed by atoms with Gasteiger partial charge in [-0.25, -0.2) is 8.42 Å². The molecule has 1 saturated heterocycles. The van der Waals surface area contributed by atoms with E-state index in [2.05, 4.69) is 0 Å². The second kappa shape index (κ2) is 3.44. The van der Waals surface area contributed by atoms with Crippen molar-refractivity contribution < 1.29 is 13.5 Å². The molecule has 5 nitrogen and oxygen atoms in total. The fraction of sp³-hybridized carbons (Fsp3) is 0.909. The zero-order valence-corrected chi connectivity index (χ0v) is 10.5. The van der Waals surface area contributed by atoms with E-state index >= 15 is 0 Å². The highest BCUT2D eigenvalue weighted by atomic mass is 32.2. The molecule has 0 aromatic carbocycles. The zero-order chi connectivity index (χ0) is 12.4. The molecule has 6 atom stereocenters. The number of nitriles is 1. The molecular weight excluding hydrogens is 240 g/mol. The number of hydrogen-bond acceptors (Lipinski definition) is 4. The van der Waals surface area contributed by atoms with Gasteiger partial charge in [-0.2, -0.15) is 9.57 Å². The smallest absolute Gasteiger partial charge is 0.230 e. The van der Waals surface area contributed by atoms with E-state index in [1.807, 2.05) is 0 Å². The number of aliphatic hydroxyl groups excluding tert-OH is 1. The largest absolute Gasteiger partial charge is 0.391 e.